The van der Waals surface area contributed by atoms with Crippen molar-refractivity contribution in [2.75, 3.05) is 13.2 Å². The molecule has 3 nitrogen and oxygen atoms in total. The third-order valence-electron chi connectivity index (χ3n) is 2.59. The molecule has 0 saturated heterocycles. The average molecular weight is 294 g/mol. The normalized spacial score (nSPS) is 10.1. The Bertz CT molecular complexity index is 587. The zero-order chi connectivity index (χ0) is 14.4. The minimum absolute atomic E-state index is 0.252. The minimum Gasteiger partial charge on any atom is -0.492 e. The zero-order valence-electron chi connectivity index (χ0n) is 10.6. The highest BCUT2D eigenvalue weighted by Gasteiger charge is 2.08. The average Bonchev–Trinajstić information content (AvgIpc) is 2.46. The molecule has 0 bridgehead atoms. The monoisotopic (exact) mass is 293 g/mol. The summed E-state index contributed by atoms with van der Waals surface area (Å²) in [6, 6.07) is 12.5. The van der Waals surface area contributed by atoms with Gasteiger partial charge in [-0.25, -0.2) is 4.39 Å². The molecule has 0 aliphatic heterocycles. The number of amides is 1. The second-order valence-corrected chi connectivity index (χ2v) is 4.45. The molecular formula is C15H13ClFNO2. The smallest absolute Gasteiger partial charge is 0.252 e. The summed E-state index contributed by atoms with van der Waals surface area (Å²) in [6.07, 6.45) is 0. The number of carbonyl (C=O) groups excluding carboxylic acids is 1. The summed E-state index contributed by atoms with van der Waals surface area (Å²) in [5.74, 6) is -0.0129. The Labute approximate surface area is 121 Å². The van der Waals surface area contributed by atoms with Crippen LogP contribution >= 0.6 is 11.6 Å². The van der Waals surface area contributed by atoms with Crippen LogP contribution in [-0.4, -0.2) is 19.1 Å². The molecule has 2 aromatic carbocycles. The molecule has 20 heavy (non-hydrogen) atoms. The Morgan fingerprint density at radius 3 is 2.55 bits per heavy atom. The van der Waals surface area contributed by atoms with Crippen molar-refractivity contribution in [1.29, 1.82) is 0 Å². The van der Waals surface area contributed by atoms with E-state index in [1.54, 1.807) is 24.3 Å². The SMILES string of the molecule is O=C(NCCOc1ccc(F)cc1)c1ccccc1Cl. The molecule has 0 fully saturated rings. The number of ether oxygens (including phenoxy) is 1. The first-order valence-corrected chi connectivity index (χ1v) is 6.46. The molecule has 0 radical (unpaired) electrons. The van der Waals surface area contributed by atoms with Gasteiger partial charge in [-0.05, 0) is 36.4 Å². The van der Waals surface area contributed by atoms with Gasteiger partial charge in [0.05, 0.1) is 17.1 Å². The number of hydrogen-bond donors (Lipinski definition) is 1. The summed E-state index contributed by atoms with van der Waals surface area (Å²) < 4.78 is 18.0. The lowest BCUT2D eigenvalue weighted by Gasteiger charge is -2.08. The Kier molecular flexibility index (Phi) is 4.96. The van der Waals surface area contributed by atoms with E-state index in [0.29, 0.717) is 29.5 Å². The van der Waals surface area contributed by atoms with Crippen LogP contribution in [0.3, 0.4) is 0 Å². The van der Waals surface area contributed by atoms with E-state index in [9.17, 15) is 9.18 Å². The topological polar surface area (TPSA) is 38.3 Å². The van der Waals surface area contributed by atoms with Gasteiger partial charge in [-0.2, -0.15) is 0 Å². The molecule has 0 saturated carbocycles. The van der Waals surface area contributed by atoms with Crippen molar-refractivity contribution in [1.82, 2.24) is 5.32 Å². The predicted octanol–water partition coefficient (Wildman–Crippen LogP) is 3.29. The standard InChI is InChI=1S/C15H13ClFNO2/c16-14-4-2-1-3-13(14)15(19)18-9-10-20-12-7-5-11(17)6-8-12/h1-8H,9-10H2,(H,18,19). The van der Waals surface area contributed by atoms with E-state index in [2.05, 4.69) is 5.32 Å². The van der Waals surface area contributed by atoms with Gasteiger partial charge in [0.1, 0.15) is 18.2 Å². The molecule has 0 aliphatic rings. The van der Waals surface area contributed by atoms with Gasteiger partial charge in [-0.15, -0.1) is 0 Å². The summed E-state index contributed by atoms with van der Waals surface area (Å²) in [5.41, 5.74) is 0.427. The summed E-state index contributed by atoms with van der Waals surface area (Å²) in [4.78, 5) is 11.8. The van der Waals surface area contributed by atoms with Crippen LogP contribution in [0.5, 0.6) is 5.75 Å². The summed E-state index contributed by atoms with van der Waals surface area (Å²) in [5, 5.41) is 3.11. The molecule has 104 valence electrons. The molecule has 0 heterocycles. The van der Waals surface area contributed by atoms with Crippen LogP contribution in [0.25, 0.3) is 0 Å². The van der Waals surface area contributed by atoms with Crippen LogP contribution in [0.15, 0.2) is 48.5 Å². The molecule has 0 aromatic heterocycles. The number of hydrogen-bond acceptors (Lipinski definition) is 2. The van der Waals surface area contributed by atoms with E-state index in [-0.39, 0.29) is 11.7 Å². The highest BCUT2D eigenvalue weighted by molar-refractivity contribution is 6.33. The molecule has 0 atom stereocenters. The van der Waals surface area contributed by atoms with Crippen LogP contribution in [0.2, 0.25) is 5.02 Å². The van der Waals surface area contributed by atoms with E-state index in [0.717, 1.165) is 0 Å². The van der Waals surface area contributed by atoms with E-state index in [1.165, 1.54) is 24.3 Å². The number of nitrogens with one attached hydrogen (secondary N) is 1. The summed E-state index contributed by atoms with van der Waals surface area (Å²) >= 11 is 5.92. The molecule has 5 heteroatoms. The van der Waals surface area contributed by atoms with E-state index < -0.39 is 0 Å². The molecule has 0 spiro atoms. The van der Waals surface area contributed by atoms with Crippen molar-refractivity contribution in [2.24, 2.45) is 0 Å². The van der Waals surface area contributed by atoms with Crippen LogP contribution in [-0.2, 0) is 0 Å². The van der Waals surface area contributed by atoms with Crippen LogP contribution in [0, 0.1) is 5.82 Å². The van der Waals surface area contributed by atoms with Crippen LogP contribution in [0.4, 0.5) is 4.39 Å². The van der Waals surface area contributed by atoms with Gasteiger partial charge in [0, 0.05) is 0 Å². The van der Waals surface area contributed by atoms with Crippen molar-refractivity contribution < 1.29 is 13.9 Å². The lowest BCUT2D eigenvalue weighted by Crippen LogP contribution is -2.28. The molecule has 0 aliphatic carbocycles. The maximum Gasteiger partial charge on any atom is 0.252 e. The highest BCUT2D eigenvalue weighted by Crippen LogP contribution is 2.14. The van der Waals surface area contributed by atoms with Gasteiger partial charge in [0.15, 0.2) is 0 Å². The fourth-order valence-electron chi connectivity index (χ4n) is 1.60. The number of rotatable bonds is 5. The fraction of sp³-hybridized carbons (Fsp3) is 0.133. The van der Waals surface area contributed by atoms with Crippen molar-refractivity contribution in [3.05, 3.63) is 64.9 Å². The molecule has 1 amide bonds. The second-order valence-electron chi connectivity index (χ2n) is 4.04. The van der Waals surface area contributed by atoms with Crippen molar-refractivity contribution in [2.45, 2.75) is 0 Å². The van der Waals surface area contributed by atoms with Crippen LogP contribution in [0.1, 0.15) is 10.4 Å². The first-order chi connectivity index (χ1) is 9.66. The van der Waals surface area contributed by atoms with Crippen molar-refractivity contribution in [3.63, 3.8) is 0 Å². The van der Waals surface area contributed by atoms with Gasteiger partial charge in [0.2, 0.25) is 0 Å². The first-order valence-electron chi connectivity index (χ1n) is 6.08. The highest BCUT2D eigenvalue weighted by atomic mass is 35.5. The Hall–Kier alpha value is -2.07. The molecule has 2 aromatic rings. The molecule has 1 N–H and O–H groups in total. The number of benzene rings is 2. The predicted molar refractivity (Wildman–Crippen MR) is 75.7 cm³/mol. The van der Waals surface area contributed by atoms with E-state index in [4.69, 9.17) is 16.3 Å². The van der Waals surface area contributed by atoms with E-state index in [1.807, 2.05) is 0 Å². The Balaban J connectivity index is 1.77. The van der Waals surface area contributed by atoms with Crippen molar-refractivity contribution >= 4 is 17.5 Å². The van der Waals surface area contributed by atoms with Gasteiger partial charge in [0.25, 0.3) is 5.91 Å². The van der Waals surface area contributed by atoms with Crippen LogP contribution < -0.4 is 10.1 Å². The summed E-state index contributed by atoms with van der Waals surface area (Å²) in [6.45, 7) is 0.628. The number of carbonyl (C=O) groups is 1. The molecule has 2 rings (SSSR count). The third kappa shape index (κ3) is 3.96. The van der Waals surface area contributed by atoms with E-state index >= 15 is 0 Å². The lowest BCUT2D eigenvalue weighted by atomic mass is 10.2. The zero-order valence-corrected chi connectivity index (χ0v) is 11.4. The van der Waals surface area contributed by atoms with Gasteiger partial charge >= 0.3 is 0 Å². The Morgan fingerprint density at radius 1 is 1.15 bits per heavy atom. The minimum atomic E-state index is -0.315. The van der Waals surface area contributed by atoms with Gasteiger partial charge in [-0.3, -0.25) is 4.79 Å². The van der Waals surface area contributed by atoms with Gasteiger partial charge < -0.3 is 10.1 Å². The quantitative estimate of drug-likeness (QED) is 0.859. The molecule has 0 unspecified atom stereocenters. The van der Waals surface area contributed by atoms with Gasteiger partial charge in [-0.1, -0.05) is 23.7 Å². The lowest BCUT2D eigenvalue weighted by molar-refractivity contribution is 0.0947. The summed E-state index contributed by atoms with van der Waals surface area (Å²) in [7, 11) is 0. The fourth-order valence-corrected chi connectivity index (χ4v) is 1.83. The maximum atomic E-state index is 12.7. The second kappa shape index (κ2) is 6.91. The molecular weight excluding hydrogens is 281 g/mol. The number of halogens is 2. The largest absolute Gasteiger partial charge is 0.492 e. The first kappa shape index (κ1) is 14.3. The van der Waals surface area contributed by atoms with Crippen molar-refractivity contribution in [3.8, 4) is 5.75 Å². The maximum absolute atomic E-state index is 12.7. The Morgan fingerprint density at radius 2 is 1.85 bits per heavy atom. The third-order valence-corrected chi connectivity index (χ3v) is 2.92.